The lowest BCUT2D eigenvalue weighted by Crippen LogP contribution is -2.23. The number of ether oxygens (including phenoxy) is 2. The molecule has 0 unspecified atom stereocenters. The van der Waals surface area contributed by atoms with E-state index < -0.39 is 5.60 Å². The topological polar surface area (TPSA) is 38.7 Å². The normalized spacial score (nSPS) is 22.0. The number of benzene rings is 1. The van der Waals surface area contributed by atoms with Crippen molar-refractivity contribution >= 4 is 11.8 Å². The average molecular weight is 280 g/mol. The number of rotatable bonds is 4. The molecule has 1 aromatic carbocycles. The molecular formula is C15H20O3S. The maximum Gasteiger partial charge on any atom is 0.167 e. The highest BCUT2D eigenvalue weighted by Crippen LogP contribution is 2.51. The average Bonchev–Trinajstić information content (AvgIpc) is 3.19. The molecule has 1 N–H and O–H groups in total. The lowest BCUT2D eigenvalue weighted by atomic mass is 10.1. The molecule has 0 radical (unpaired) electrons. The second kappa shape index (κ2) is 5.25. The highest BCUT2D eigenvalue weighted by molar-refractivity contribution is 7.99. The Morgan fingerprint density at radius 3 is 2.63 bits per heavy atom. The van der Waals surface area contributed by atoms with Gasteiger partial charge in [-0.05, 0) is 43.3 Å². The third kappa shape index (κ3) is 2.70. The van der Waals surface area contributed by atoms with Gasteiger partial charge in [-0.3, -0.25) is 0 Å². The highest BCUT2D eigenvalue weighted by Gasteiger charge is 2.45. The van der Waals surface area contributed by atoms with Gasteiger partial charge in [-0.2, -0.15) is 11.8 Å². The van der Waals surface area contributed by atoms with Gasteiger partial charge in [-0.1, -0.05) is 12.1 Å². The van der Waals surface area contributed by atoms with Crippen molar-refractivity contribution in [2.24, 2.45) is 0 Å². The van der Waals surface area contributed by atoms with Crippen LogP contribution < -0.4 is 9.47 Å². The molecule has 104 valence electrons. The van der Waals surface area contributed by atoms with Crippen molar-refractivity contribution in [1.29, 1.82) is 0 Å². The third-order valence-corrected chi connectivity index (χ3v) is 4.93. The van der Waals surface area contributed by atoms with E-state index in [1.54, 1.807) is 7.11 Å². The lowest BCUT2D eigenvalue weighted by molar-refractivity contribution is 0.133. The molecule has 1 heterocycles. The van der Waals surface area contributed by atoms with Crippen molar-refractivity contribution in [2.45, 2.75) is 37.4 Å². The van der Waals surface area contributed by atoms with Gasteiger partial charge in [0.15, 0.2) is 11.5 Å². The summed E-state index contributed by atoms with van der Waals surface area (Å²) in [5.41, 5.74) is 0.206. The zero-order chi connectivity index (χ0) is 13.3. The maximum absolute atomic E-state index is 10.4. The van der Waals surface area contributed by atoms with Crippen molar-refractivity contribution < 1.29 is 14.6 Å². The molecular weight excluding hydrogens is 260 g/mol. The van der Waals surface area contributed by atoms with Crippen LogP contribution in [0.1, 0.15) is 31.2 Å². The Balaban J connectivity index is 1.88. The fraction of sp³-hybridized carbons (Fsp3) is 0.600. The van der Waals surface area contributed by atoms with Crippen LogP contribution in [0.5, 0.6) is 11.5 Å². The first-order chi connectivity index (χ1) is 9.23. The zero-order valence-electron chi connectivity index (χ0n) is 11.2. The lowest BCUT2D eigenvalue weighted by Gasteiger charge is -2.26. The monoisotopic (exact) mass is 280 g/mol. The molecule has 1 saturated heterocycles. The Bertz CT molecular complexity index is 451. The van der Waals surface area contributed by atoms with Crippen LogP contribution in [-0.2, 0) is 5.60 Å². The number of methoxy groups -OCH3 is 1. The fourth-order valence-electron chi connectivity index (χ4n) is 2.51. The van der Waals surface area contributed by atoms with Crippen molar-refractivity contribution in [1.82, 2.24) is 0 Å². The van der Waals surface area contributed by atoms with Crippen LogP contribution in [0, 0.1) is 0 Å². The van der Waals surface area contributed by atoms with Crippen LogP contribution in [0.3, 0.4) is 0 Å². The Hall–Kier alpha value is -0.870. The number of aliphatic hydroxyl groups is 1. The quantitative estimate of drug-likeness (QED) is 0.920. The van der Waals surface area contributed by atoms with Crippen molar-refractivity contribution in [3.8, 4) is 11.5 Å². The van der Waals surface area contributed by atoms with Crippen LogP contribution in [0.2, 0.25) is 0 Å². The van der Waals surface area contributed by atoms with E-state index >= 15 is 0 Å². The molecule has 0 bridgehead atoms. The zero-order valence-corrected chi connectivity index (χ0v) is 12.0. The van der Waals surface area contributed by atoms with E-state index in [9.17, 15) is 5.11 Å². The van der Waals surface area contributed by atoms with E-state index in [0.717, 1.165) is 54.3 Å². The van der Waals surface area contributed by atoms with Crippen LogP contribution in [-0.4, -0.2) is 29.8 Å². The van der Waals surface area contributed by atoms with E-state index in [-0.39, 0.29) is 6.10 Å². The molecule has 3 nitrogen and oxygen atoms in total. The van der Waals surface area contributed by atoms with E-state index in [1.165, 1.54) is 0 Å². The van der Waals surface area contributed by atoms with E-state index in [2.05, 4.69) is 0 Å². The van der Waals surface area contributed by atoms with Crippen molar-refractivity contribution in [3.05, 3.63) is 23.8 Å². The second-order valence-corrected chi connectivity index (χ2v) is 6.52. The van der Waals surface area contributed by atoms with Gasteiger partial charge in [0.2, 0.25) is 0 Å². The molecule has 0 amide bonds. The summed E-state index contributed by atoms with van der Waals surface area (Å²) in [4.78, 5) is 0. The molecule has 3 rings (SSSR count). The second-order valence-electron chi connectivity index (χ2n) is 5.30. The predicted molar refractivity (Wildman–Crippen MR) is 77.1 cm³/mol. The Kier molecular flexibility index (Phi) is 3.63. The molecule has 1 aromatic rings. The van der Waals surface area contributed by atoms with Crippen LogP contribution in [0.15, 0.2) is 18.2 Å². The van der Waals surface area contributed by atoms with Crippen LogP contribution >= 0.6 is 11.8 Å². The summed E-state index contributed by atoms with van der Waals surface area (Å²) in [6.07, 6.45) is 4.02. The fourth-order valence-corrected chi connectivity index (χ4v) is 3.58. The molecule has 0 spiro atoms. The van der Waals surface area contributed by atoms with Crippen molar-refractivity contribution in [2.75, 3.05) is 18.6 Å². The third-order valence-electron chi connectivity index (χ3n) is 3.88. The molecule has 0 aromatic heterocycles. The molecule has 1 saturated carbocycles. The summed E-state index contributed by atoms with van der Waals surface area (Å²) in [6, 6.07) is 5.79. The Labute approximate surface area is 118 Å². The minimum absolute atomic E-state index is 0.249. The molecule has 2 fully saturated rings. The minimum atomic E-state index is -0.687. The SMILES string of the molecule is COc1cccc(C2(O)CC2)c1OC1CCSCC1. The van der Waals surface area contributed by atoms with Crippen LogP contribution in [0.4, 0.5) is 0 Å². The molecule has 2 aliphatic rings. The summed E-state index contributed by atoms with van der Waals surface area (Å²) in [5, 5.41) is 10.4. The number of hydrogen-bond donors (Lipinski definition) is 1. The van der Waals surface area contributed by atoms with Gasteiger partial charge in [0.25, 0.3) is 0 Å². The minimum Gasteiger partial charge on any atom is -0.493 e. The molecule has 19 heavy (non-hydrogen) atoms. The Morgan fingerprint density at radius 1 is 1.26 bits per heavy atom. The van der Waals surface area contributed by atoms with Gasteiger partial charge in [0.1, 0.15) is 6.10 Å². The number of thioether (sulfide) groups is 1. The Morgan fingerprint density at radius 2 is 2.00 bits per heavy atom. The van der Waals surface area contributed by atoms with E-state index in [4.69, 9.17) is 9.47 Å². The largest absolute Gasteiger partial charge is 0.493 e. The summed E-state index contributed by atoms with van der Waals surface area (Å²) in [6.45, 7) is 0. The van der Waals surface area contributed by atoms with Gasteiger partial charge in [0, 0.05) is 5.56 Å². The summed E-state index contributed by atoms with van der Waals surface area (Å²) in [7, 11) is 1.65. The van der Waals surface area contributed by atoms with Crippen molar-refractivity contribution in [3.63, 3.8) is 0 Å². The molecule has 0 atom stereocenters. The highest BCUT2D eigenvalue weighted by atomic mass is 32.2. The number of para-hydroxylation sites is 1. The number of hydrogen-bond acceptors (Lipinski definition) is 4. The van der Waals surface area contributed by atoms with Gasteiger partial charge >= 0.3 is 0 Å². The first kappa shape index (κ1) is 13.1. The molecule has 1 aliphatic carbocycles. The summed E-state index contributed by atoms with van der Waals surface area (Å²) < 4.78 is 11.6. The van der Waals surface area contributed by atoms with Crippen LogP contribution in [0.25, 0.3) is 0 Å². The first-order valence-electron chi connectivity index (χ1n) is 6.87. The van der Waals surface area contributed by atoms with Gasteiger partial charge in [0.05, 0.1) is 12.7 Å². The van der Waals surface area contributed by atoms with E-state index in [0.29, 0.717) is 0 Å². The first-order valence-corrected chi connectivity index (χ1v) is 8.03. The van der Waals surface area contributed by atoms with Gasteiger partial charge < -0.3 is 14.6 Å². The summed E-state index contributed by atoms with van der Waals surface area (Å²) >= 11 is 1.98. The van der Waals surface area contributed by atoms with Gasteiger partial charge in [-0.25, -0.2) is 0 Å². The smallest absolute Gasteiger partial charge is 0.167 e. The maximum atomic E-state index is 10.4. The van der Waals surface area contributed by atoms with Gasteiger partial charge in [-0.15, -0.1) is 0 Å². The molecule has 4 heteroatoms. The van der Waals surface area contributed by atoms with E-state index in [1.807, 2.05) is 30.0 Å². The standard InChI is InChI=1S/C15H20O3S/c1-17-13-4-2-3-12(15(16)7-8-15)14(13)18-11-5-9-19-10-6-11/h2-4,11,16H,5-10H2,1H3. The predicted octanol–water partition coefficient (Wildman–Crippen LogP) is 2.95. The molecule has 1 aliphatic heterocycles. The summed E-state index contributed by atoms with van der Waals surface area (Å²) in [5.74, 6) is 3.79.